The molecule has 3 amide bonds. The molecule has 7 nitrogen and oxygen atoms in total. The number of para-hydroxylation sites is 1. The van der Waals surface area contributed by atoms with Gasteiger partial charge in [-0.2, -0.15) is 0 Å². The van der Waals surface area contributed by atoms with Gasteiger partial charge < -0.3 is 10.1 Å². The molecule has 1 aliphatic heterocycles. The molecule has 1 aliphatic carbocycles. The van der Waals surface area contributed by atoms with Gasteiger partial charge in [0.1, 0.15) is 0 Å². The van der Waals surface area contributed by atoms with Gasteiger partial charge in [0.2, 0.25) is 11.8 Å². The highest BCUT2D eigenvalue weighted by Gasteiger charge is 2.50. The summed E-state index contributed by atoms with van der Waals surface area (Å²) in [6, 6.07) is 25.1. The van der Waals surface area contributed by atoms with Crippen molar-refractivity contribution in [1.82, 2.24) is 0 Å². The fourth-order valence-electron chi connectivity index (χ4n) is 5.14. The monoisotopic (exact) mass is 482 g/mol. The first-order chi connectivity index (χ1) is 17.5. The first kappa shape index (κ1) is 23.5. The molecular formula is C29H26N2O5. The highest BCUT2D eigenvalue weighted by molar-refractivity contribution is 6.22. The topological polar surface area (TPSA) is 92.8 Å². The largest absolute Gasteiger partial charge is 0.452 e. The standard InChI is InChI=1S/C29H26N2O5/c32-26(30-22-9-5-2-6-10-22)18-36-29(35)20-11-14-23(15-12-20)31-27(33)24-16-13-21(17-25(24)28(31)34)19-7-3-1-4-8-19/h1-12,14-15,21,24-25H,13,16-18H2,(H,30,32)/t21-,24-,25+/m1/s1. The fraction of sp³-hybridized carbons (Fsp3) is 0.241. The summed E-state index contributed by atoms with van der Waals surface area (Å²) in [6.45, 7) is -0.426. The van der Waals surface area contributed by atoms with Gasteiger partial charge in [0.15, 0.2) is 6.61 Å². The van der Waals surface area contributed by atoms with E-state index < -0.39 is 18.5 Å². The van der Waals surface area contributed by atoms with E-state index in [9.17, 15) is 19.2 Å². The molecular weight excluding hydrogens is 456 g/mol. The van der Waals surface area contributed by atoms with Crippen molar-refractivity contribution in [3.8, 4) is 0 Å². The number of esters is 1. The Morgan fingerprint density at radius 1 is 0.806 bits per heavy atom. The smallest absolute Gasteiger partial charge is 0.338 e. The zero-order valence-corrected chi connectivity index (χ0v) is 19.6. The highest BCUT2D eigenvalue weighted by atomic mass is 16.5. The Morgan fingerprint density at radius 3 is 2.14 bits per heavy atom. The number of carbonyl (C=O) groups excluding carboxylic acids is 4. The number of benzene rings is 3. The lowest BCUT2D eigenvalue weighted by molar-refractivity contribution is -0.122. The molecule has 2 fully saturated rings. The van der Waals surface area contributed by atoms with Gasteiger partial charge in [-0.15, -0.1) is 0 Å². The quantitative estimate of drug-likeness (QED) is 0.411. The van der Waals surface area contributed by atoms with E-state index in [4.69, 9.17) is 4.74 Å². The number of amides is 3. The molecule has 5 rings (SSSR count). The molecule has 0 unspecified atom stereocenters. The van der Waals surface area contributed by atoms with Gasteiger partial charge >= 0.3 is 5.97 Å². The van der Waals surface area contributed by atoms with Gasteiger partial charge in [-0.3, -0.25) is 19.3 Å². The van der Waals surface area contributed by atoms with Crippen LogP contribution in [0.15, 0.2) is 84.9 Å². The number of fused-ring (bicyclic) bond motifs is 1. The molecule has 0 radical (unpaired) electrons. The fourth-order valence-corrected chi connectivity index (χ4v) is 5.14. The first-order valence-electron chi connectivity index (χ1n) is 12.1. The van der Waals surface area contributed by atoms with Crippen LogP contribution in [0.4, 0.5) is 11.4 Å². The molecule has 3 aromatic carbocycles. The molecule has 1 heterocycles. The van der Waals surface area contributed by atoms with Crippen LogP contribution in [-0.2, 0) is 19.1 Å². The number of ether oxygens (including phenoxy) is 1. The zero-order chi connectivity index (χ0) is 25.1. The van der Waals surface area contributed by atoms with E-state index in [1.165, 1.54) is 22.6 Å². The Morgan fingerprint density at radius 2 is 1.44 bits per heavy atom. The summed E-state index contributed by atoms with van der Waals surface area (Å²) in [5.74, 6) is -1.84. The lowest BCUT2D eigenvalue weighted by Gasteiger charge is -2.28. The summed E-state index contributed by atoms with van der Waals surface area (Å²) >= 11 is 0. The van der Waals surface area contributed by atoms with E-state index in [0.717, 1.165) is 6.42 Å². The minimum Gasteiger partial charge on any atom is -0.452 e. The van der Waals surface area contributed by atoms with Crippen molar-refractivity contribution in [2.24, 2.45) is 11.8 Å². The van der Waals surface area contributed by atoms with Crippen LogP contribution in [0.25, 0.3) is 0 Å². The number of hydrogen-bond donors (Lipinski definition) is 1. The number of hydrogen-bond acceptors (Lipinski definition) is 5. The summed E-state index contributed by atoms with van der Waals surface area (Å²) in [5.41, 5.74) is 2.48. The maximum absolute atomic E-state index is 13.2. The third-order valence-corrected chi connectivity index (χ3v) is 6.95. The van der Waals surface area contributed by atoms with Crippen LogP contribution < -0.4 is 10.2 Å². The normalized spacial score (nSPS) is 21.1. The van der Waals surface area contributed by atoms with Crippen molar-refractivity contribution in [2.75, 3.05) is 16.8 Å². The lowest BCUT2D eigenvalue weighted by atomic mass is 9.73. The summed E-state index contributed by atoms with van der Waals surface area (Å²) in [4.78, 5) is 52.0. The summed E-state index contributed by atoms with van der Waals surface area (Å²) in [6.07, 6.45) is 2.21. The molecule has 36 heavy (non-hydrogen) atoms. The zero-order valence-electron chi connectivity index (χ0n) is 19.6. The van der Waals surface area contributed by atoms with E-state index in [2.05, 4.69) is 17.4 Å². The van der Waals surface area contributed by atoms with E-state index >= 15 is 0 Å². The molecule has 0 aromatic heterocycles. The third kappa shape index (κ3) is 4.77. The maximum Gasteiger partial charge on any atom is 0.338 e. The third-order valence-electron chi connectivity index (χ3n) is 6.95. The summed E-state index contributed by atoms with van der Waals surface area (Å²) in [7, 11) is 0. The van der Waals surface area contributed by atoms with E-state index in [1.807, 2.05) is 24.3 Å². The van der Waals surface area contributed by atoms with Gasteiger partial charge in [0.25, 0.3) is 5.91 Å². The van der Waals surface area contributed by atoms with Gasteiger partial charge in [-0.05, 0) is 67.1 Å². The number of rotatable bonds is 6. The molecule has 0 bridgehead atoms. The molecule has 3 atom stereocenters. The van der Waals surface area contributed by atoms with Crippen LogP contribution in [0.2, 0.25) is 0 Å². The van der Waals surface area contributed by atoms with E-state index in [0.29, 0.717) is 24.2 Å². The second-order valence-electron chi connectivity index (χ2n) is 9.18. The van der Waals surface area contributed by atoms with Crippen molar-refractivity contribution in [2.45, 2.75) is 25.2 Å². The Balaban J connectivity index is 1.21. The van der Waals surface area contributed by atoms with Crippen molar-refractivity contribution in [3.63, 3.8) is 0 Å². The Kier molecular flexibility index (Phi) is 6.62. The molecule has 1 N–H and O–H groups in total. The van der Waals surface area contributed by atoms with Gasteiger partial charge in [-0.25, -0.2) is 4.79 Å². The van der Waals surface area contributed by atoms with Crippen molar-refractivity contribution in [3.05, 3.63) is 96.1 Å². The van der Waals surface area contributed by atoms with E-state index in [1.54, 1.807) is 36.4 Å². The van der Waals surface area contributed by atoms with Crippen molar-refractivity contribution < 1.29 is 23.9 Å². The van der Waals surface area contributed by atoms with Gasteiger partial charge in [0.05, 0.1) is 23.1 Å². The van der Waals surface area contributed by atoms with Gasteiger partial charge in [-0.1, -0.05) is 48.5 Å². The molecule has 7 heteroatoms. The SMILES string of the molecule is O=C(COC(=O)c1ccc(N2C(=O)[C@H]3C[C@H](c4ccccc4)CC[C@H]3C2=O)cc1)Nc1ccccc1. The van der Waals surface area contributed by atoms with E-state index in [-0.39, 0.29) is 35.1 Å². The summed E-state index contributed by atoms with van der Waals surface area (Å²) < 4.78 is 5.10. The molecule has 0 spiro atoms. The predicted molar refractivity (Wildman–Crippen MR) is 134 cm³/mol. The molecule has 3 aromatic rings. The molecule has 1 saturated heterocycles. The molecule has 1 saturated carbocycles. The summed E-state index contributed by atoms with van der Waals surface area (Å²) in [5, 5.41) is 2.64. The van der Waals surface area contributed by atoms with Crippen LogP contribution in [0, 0.1) is 11.8 Å². The number of anilines is 2. The second kappa shape index (κ2) is 10.2. The average Bonchev–Trinajstić information content (AvgIpc) is 3.17. The van der Waals surface area contributed by atoms with Crippen molar-refractivity contribution >= 4 is 35.1 Å². The first-order valence-corrected chi connectivity index (χ1v) is 12.1. The predicted octanol–water partition coefficient (Wildman–Crippen LogP) is 4.56. The number of carbonyl (C=O) groups is 4. The Hall–Kier alpha value is -4.26. The maximum atomic E-state index is 13.2. The number of imide groups is 1. The van der Waals surface area contributed by atoms with Crippen LogP contribution in [0.1, 0.15) is 41.1 Å². The highest BCUT2D eigenvalue weighted by Crippen LogP contribution is 2.45. The van der Waals surface area contributed by atoms with Crippen molar-refractivity contribution in [1.29, 1.82) is 0 Å². The minimum atomic E-state index is -0.664. The Bertz CT molecular complexity index is 1270. The Labute approximate surface area is 209 Å². The van der Waals surface area contributed by atoms with Gasteiger partial charge in [0, 0.05) is 5.69 Å². The number of nitrogens with zero attached hydrogens (tertiary/aromatic N) is 1. The molecule has 2 aliphatic rings. The minimum absolute atomic E-state index is 0.176. The van der Waals surface area contributed by atoms with Crippen LogP contribution in [0.3, 0.4) is 0 Å². The van der Waals surface area contributed by atoms with Crippen LogP contribution in [-0.4, -0.2) is 30.3 Å². The number of nitrogens with one attached hydrogen (secondary N) is 1. The second-order valence-corrected chi connectivity index (χ2v) is 9.18. The lowest BCUT2D eigenvalue weighted by Crippen LogP contribution is -2.30. The average molecular weight is 483 g/mol. The van der Waals surface area contributed by atoms with Crippen LogP contribution in [0.5, 0.6) is 0 Å². The van der Waals surface area contributed by atoms with Crippen LogP contribution >= 0.6 is 0 Å². The molecule has 182 valence electrons.